The molecular weight excluding hydrogens is 638 g/mol. The Morgan fingerprint density at radius 1 is 0.851 bits per heavy atom. The Morgan fingerprint density at radius 3 is 2.19 bits per heavy atom. The molecule has 1 heterocycles. The molecule has 9 nitrogen and oxygen atoms in total. The van der Waals surface area contributed by atoms with E-state index >= 15 is 0 Å². The van der Waals surface area contributed by atoms with E-state index < -0.39 is 28.5 Å². The average Bonchev–Trinajstić information content (AvgIpc) is 3.09. The molecule has 47 heavy (non-hydrogen) atoms. The fourth-order valence-electron chi connectivity index (χ4n) is 5.26. The summed E-state index contributed by atoms with van der Waals surface area (Å²) in [6.45, 7) is 3.98. The number of benzene rings is 4. The van der Waals surface area contributed by atoms with Crippen molar-refractivity contribution >= 4 is 39.1 Å². The molecule has 0 spiro atoms. The third kappa shape index (κ3) is 8.44. The second-order valence-corrected chi connectivity index (χ2v) is 13.6. The second kappa shape index (κ2) is 15.4. The minimum absolute atomic E-state index is 0.0134. The molecule has 246 valence electrons. The van der Waals surface area contributed by atoms with Crippen LogP contribution in [0.25, 0.3) is 0 Å². The molecule has 5 rings (SSSR count). The molecule has 0 radical (unpaired) electrons. The quantitative estimate of drug-likeness (QED) is 0.190. The van der Waals surface area contributed by atoms with Gasteiger partial charge in [-0.2, -0.15) is 0 Å². The smallest absolute Gasteiger partial charge is 0.264 e. The van der Waals surface area contributed by atoms with Crippen LogP contribution in [0.5, 0.6) is 11.5 Å². The van der Waals surface area contributed by atoms with Gasteiger partial charge in [-0.3, -0.25) is 13.9 Å². The third-order valence-electron chi connectivity index (χ3n) is 7.94. The van der Waals surface area contributed by atoms with Gasteiger partial charge in [0.15, 0.2) is 11.5 Å². The first-order valence-corrected chi connectivity index (χ1v) is 17.3. The highest BCUT2D eigenvalue weighted by Gasteiger charge is 2.35. The number of nitrogens with one attached hydrogen (secondary N) is 1. The summed E-state index contributed by atoms with van der Waals surface area (Å²) in [4.78, 5) is 30.0. The molecule has 1 N–H and O–H groups in total. The highest BCUT2D eigenvalue weighted by Crippen LogP contribution is 2.36. The zero-order valence-corrected chi connectivity index (χ0v) is 27.9. The number of halogens is 1. The Balaban J connectivity index is 1.59. The molecule has 4 aromatic rings. The van der Waals surface area contributed by atoms with Crippen LogP contribution in [-0.4, -0.2) is 57.0 Å². The maximum absolute atomic E-state index is 14.6. The summed E-state index contributed by atoms with van der Waals surface area (Å²) < 4.78 is 40.9. The lowest BCUT2D eigenvalue weighted by molar-refractivity contribution is -0.140. The fraction of sp³-hybridized carbons (Fsp3) is 0.278. The summed E-state index contributed by atoms with van der Waals surface area (Å²) in [5.41, 5.74) is 1.76. The number of sulfonamides is 1. The summed E-state index contributed by atoms with van der Waals surface area (Å²) >= 11 is 6.33. The van der Waals surface area contributed by atoms with Crippen molar-refractivity contribution < 1.29 is 27.5 Å². The van der Waals surface area contributed by atoms with Crippen LogP contribution in [0.1, 0.15) is 31.4 Å². The zero-order valence-electron chi connectivity index (χ0n) is 26.3. The molecule has 1 aliphatic heterocycles. The normalized spacial score (nSPS) is 13.7. The highest BCUT2D eigenvalue weighted by molar-refractivity contribution is 7.92. The Labute approximate surface area is 281 Å². The van der Waals surface area contributed by atoms with Crippen molar-refractivity contribution in [2.45, 2.75) is 50.2 Å². The number of nitrogens with zero attached hydrogens (tertiary/aromatic N) is 2. The van der Waals surface area contributed by atoms with Crippen molar-refractivity contribution in [3.63, 3.8) is 0 Å². The number of carbonyl (C=O) groups excluding carboxylic acids is 2. The van der Waals surface area contributed by atoms with Crippen LogP contribution in [0, 0.1) is 0 Å². The molecule has 11 heteroatoms. The number of anilines is 1. The lowest BCUT2D eigenvalue weighted by atomic mass is 10.0. The van der Waals surface area contributed by atoms with E-state index in [0.29, 0.717) is 41.7 Å². The molecule has 0 unspecified atom stereocenters. The lowest BCUT2D eigenvalue weighted by Gasteiger charge is -2.34. The number of hydrogen-bond acceptors (Lipinski definition) is 6. The largest absolute Gasteiger partial charge is 0.486 e. The molecular formula is C36H38ClN3O6S. The van der Waals surface area contributed by atoms with Crippen molar-refractivity contribution in [1.82, 2.24) is 10.2 Å². The van der Waals surface area contributed by atoms with Crippen molar-refractivity contribution in [2.24, 2.45) is 0 Å². The minimum atomic E-state index is -4.25. The van der Waals surface area contributed by atoms with Crippen LogP contribution < -0.4 is 19.1 Å². The maximum Gasteiger partial charge on any atom is 0.264 e. The predicted molar refractivity (Wildman–Crippen MR) is 182 cm³/mol. The van der Waals surface area contributed by atoms with Gasteiger partial charge < -0.3 is 19.7 Å². The number of ether oxygens (including phenoxy) is 2. The summed E-state index contributed by atoms with van der Waals surface area (Å²) in [6, 6.07) is 28.0. The van der Waals surface area contributed by atoms with E-state index in [-0.39, 0.29) is 35.5 Å². The standard InChI is InChI=1S/C36H38ClN3O6S/c1-3-26(2)38-36(42)32(22-27-11-6-4-7-12-27)39(24-28-13-10-14-29(37)21-28)35(41)25-40(47(43,44)31-15-8-5-9-16-31)30-17-18-33-34(23-30)46-20-19-45-33/h4-18,21,23,26,32H,3,19-20,22,24-25H2,1-2H3,(H,38,42)/t26-,32-/m0/s1. The van der Waals surface area contributed by atoms with Crippen molar-refractivity contribution in [3.8, 4) is 11.5 Å². The lowest BCUT2D eigenvalue weighted by Crippen LogP contribution is -2.54. The van der Waals surface area contributed by atoms with E-state index in [2.05, 4.69) is 5.32 Å². The highest BCUT2D eigenvalue weighted by atomic mass is 35.5. The number of carbonyl (C=O) groups is 2. The van der Waals surface area contributed by atoms with Gasteiger partial charge in [-0.1, -0.05) is 79.2 Å². The Morgan fingerprint density at radius 2 is 1.51 bits per heavy atom. The van der Waals surface area contributed by atoms with Gasteiger partial charge in [0.2, 0.25) is 11.8 Å². The fourth-order valence-corrected chi connectivity index (χ4v) is 6.90. The molecule has 1 aliphatic rings. The zero-order chi connectivity index (χ0) is 33.4. The second-order valence-electron chi connectivity index (χ2n) is 11.3. The van der Waals surface area contributed by atoms with Crippen LogP contribution in [0.15, 0.2) is 108 Å². The van der Waals surface area contributed by atoms with Gasteiger partial charge in [-0.05, 0) is 60.9 Å². The monoisotopic (exact) mass is 675 g/mol. The Bertz CT molecular complexity index is 1790. The molecule has 0 saturated carbocycles. The van der Waals surface area contributed by atoms with Crippen LogP contribution in [0.3, 0.4) is 0 Å². The molecule has 2 atom stereocenters. The van der Waals surface area contributed by atoms with Crippen LogP contribution >= 0.6 is 11.6 Å². The number of rotatable bonds is 13. The first-order valence-electron chi connectivity index (χ1n) is 15.5. The van der Waals surface area contributed by atoms with Gasteiger partial charge in [-0.25, -0.2) is 8.42 Å². The molecule has 0 bridgehead atoms. The summed E-state index contributed by atoms with van der Waals surface area (Å²) in [6.07, 6.45) is 0.907. The van der Waals surface area contributed by atoms with Gasteiger partial charge in [0.1, 0.15) is 25.8 Å². The van der Waals surface area contributed by atoms with E-state index in [1.807, 2.05) is 50.2 Å². The molecule has 2 amide bonds. The van der Waals surface area contributed by atoms with Crippen molar-refractivity contribution in [2.75, 3.05) is 24.1 Å². The van der Waals surface area contributed by atoms with Crippen molar-refractivity contribution in [1.29, 1.82) is 0 Å². The molecule has 0 fully saturated rings. The number of amides is 2. The van der Waals surface area contributed by atoms with Gasteiger partial charge in [0, 0.05) is 30.1 Å². The number of fused-ring (bicyclic) bond motifs is 1. The molecule has 0 aromatic heterocycles. The summed E-state index contributed by atoms with van der Waals surface area (Å²) in [5.74, 6) is -0.0503. The minimum Gasteiger partial charge on any atom is -0.486 e. The average molecular weight is 676 g/mol. The summed E-state index contributed by atoms with van der Waals surface area (Å²) in [5, 5.41) is 3.51. The summed E-state index contributed by atoms with van der Waals surface area (Å²) in [7, 11) is -4.25. The van der Waals surface area contributed by atoms with Gasteiger partial charge in [-0.15, -0.1) is 0 Å². The van der Waals surface area contributed by atoms with Crippen molar-refractivity contribution in [3.05, 3.63) is 119 Å². The first-order chi connectivity index (χ1) is 22.7. The van der Waals surface area contributed by atoms with E-state index in [4.69, 9.17) is 21.1 Å². The maximum atomic E-state index is 14.6. The molecule has 0 saturated heterocycles. The molecule has 0 aliphatic carbocycles. The molecule has 4 aromatic carbocycles. The van der Waals surface area contributed by atoms with Crippen LogP contribution in [0.4, 0.5) is 5.69 Å². The van der Waals surface area contributed by atoms with Gasteiger partial charge in [0.25, 0.3) is 10.0 Å². The van der Waals surface area contributed by atoms with E-state index in [0.717, 1.165) is 9.87 Å². The topological polar surface area (TPSA) is 105 Å². The van der Waals surface area contributed by atoms with Gasteiger partial charge >= 0.3 is 0 Å². The van der Waals surface area contributed by atoms with E-state index in [1.165, 1.54) is 17.0 Å². The van der Waals surface area contributed by atoms with E-state index in [1.54, 1.807) is 54.6 Å². The SMILES string of the molecule is CC[C@H](C)NC(=O)[C@H](Cc1ccccc1)N(Cc1cccc(Cl)c1)C(=O)CN(c1ccc2c(c1)OCCO2)S(=O)(=O)c1ccccc1. The third-order valence-corrected chi connectivity index (χ3v) is 9.96. The van der Waals surface area contributed by atoms with E-state index in [9.17, 15) is 18.0 Å². The Hall–Kier alpha value is -4.54. The van der Waals surface area contributed by atoms with Crippen LogP contribution in [-0.2, 0) is 32.6 Å². The number of hydrogen-bond donors (Lipinski definition) is 1. The predicted octanol–water partition coefficient (Wildman–Crippen LogP) is 5.86. The van der Waals surface area contributed by atoms with Crippen LogP contribution in [0.2, 0.25) is 5.02 Å². The first kappa shape index (κ1) is 33.8. The Kier molecular flexibility index (Phi) is 11.1. The van der Waals surface area contributed by atoms with Gasteiger partial charge in [0.05, 0.1) is 10.6 Å².